The lowest BCUT2D eigenvalue weighted by Gasteiger charge is -2.41. The molecule has 0 unspecified atom stereocenters. The second-order valence-corrected chi connectivity index (χ2v) is 7.86. The van der Waals surface area contributed by atoms with Gasteiger partial charge in [0.15, 0.2) is 0 Å². The van der Waals surface area contributed by atoms with Gasteiger partial charge < -0.3 is 25.0 Å². The van der Waals surface area contributed by atoms with Crippen molar-refractivity contribution in [1.82, 2.24) is 15.1 Å². The Labute approximate surface area is 181 Å². The molecule has 1 saturated heterocycles. The van der Waals surface area contributed by atoms with Gasteiger partial charge >= 0.3 is 12.4 Å². The molecule has 178 valence electrons. The summed E-state index contributed by atoms with van der Waals surface area (Å²) in [5, 5.41) is 11.5. The van der Waals surface area contributed by atoms with E-state index >= 15 is 0 Å². The first-order valence-corrected chi connectivity index (χ1v) is 10.2. The monoisotopic (exact) mass is 465 g/mol. The van der Waals surface area contributed by atoms with Crippen LogP contribution in [0.2, 0.25) is 0 Å². The van der Waals surface area contributed by atoms with Gasteiger partial charge in [0.1, 0.15) is 17.7 Å². The van der Waals surface area contributed by atoms with Crippen LogP contribution in [0.5, 0.6) is 5.75 Å². The van der Waals surface area contributed by atoms with Crippen LogP contribution in [0.1, 0.15) is 31.2 Å². The SMILES string of the molecule is O=C(CCO)N1C[C@@H](F)C[C@@H](N(C(=O)NCc2ccc(OC(F)(F)F)cc2F)C2CC2)C1. The number of ether oxygens (including phenoxy) is 1. The average molecular weight is 465 g/mol. The number of benzene rings is 1. The third-order valence-corrected chi connectivity index (χ3v) is 5.31. The number of hydrogen-bond acceptors (Lipinski definition) is 4. The van der Waals surface area contributed by atoms with Gasteiger partial charge in [0, 0.05) is 43.6 Å². The van der Waals surface area contributed by atoms with E-state index in [0.29, 0.717) is 18.9 Å². The molecule has 2 fully saturated rings. The molecule has 0 spiro atoms. The van der Waals surface area contributed by atoms with Crippen molar-refractivity contribution in [2.45, 2.75) is 56.8 Å². The summed E-state index contributed by atoms with van der Waals surface area (Å²) in [6, 6.07) is 1.31. The van der Waals surface area contributed by atoms with E-state index < -0.39 is 42.1 Å². The smallest absolute Gasteiger partial charge is 0.406 e. The highest BCUT2D eigenvalue weighted by atomic mass is 19.4. The number of carbonyl (C=O) groups is 2. The summed E-state index contributed by atoms with van der Waals surface area (Å²) < 4.78 is 68.8. The normalized spacial score (nSPS) is 21.2. The second kappa shape index (κ2) is 9.88. The number of urea groups is 1. The minimum absolute atomic E-state index is 0.0459. The first kappa shape index (κ1) is 24.0. The third kappa shape index (κ3) is 6.44. The van der Waals surface area contributed by atoms with Gasteiger partial charge in [0.2, 0.25) is 5.91 Å². The largest absolute Gasteiger partial charge is 0.573 e. The minimum atomic E-state index is -4.95. The number of nitrogens with zero attached hydrogens (tertiary/aromatic N) is 2. The molecule has 3 amide bonds. The fourth-order valence-corrected chi connectivity index (χ4v) is 3.78. The third-order valence-electron chi connectivity index (χ3n) is 5.31. The van der Waals surface area contributed by atoms with Gasteiger partial charge in [-0.3, -0.25) is 4.79 Å². The van der Waals surface area contributed by atoms with E-state index in [9.17, 15) is 31.5 Å². The molecular weight excluding hydrogens is 441 g/mol. The molecule has 1 heterocycles. The zero-order chi connectivity index (χ0) is 23.5. The lowest BCUT2D eigenvalue weighted by Crippen LogP contribution is -2.57. The Morgan fingerprint density at radius 3 is 2.53 bits per heavy atom. The molecule has 0 radical (unpaired) electrons. The Kier molecular flexibility index (Phi) is 7.42. The van der Waals surface area contributed by atoms with Crippen LogP contribution in [0.3, 0.4) is 0 Å². The van der Waals surface area contributed by atoms with Gasteiger partial charge in [0.05, 0.1) is 19.2 Å². The minimum Gasteiger partial charge on any atom is -0.406 e. The molecule has 1 aliphatic heterocycles. The van der Waals surface area contributed by atoms with E-state index in [0.717, 1.165) is 12.1 Å². The highest BCUT2D eigenvalue weighted by Gasteiger charge is 2.42. The van der Waals surface area contributed by atoms with Gasteiger partial charge in [-0.1, -0.05) is 6.07 Å². The fraction of sp³-hybridized carbons (Fsp3) is 0.600. The predicted octanol–water partition coefficient (Wildman–Crippen LogP) is 2.72. The average Bonchev–Trinajstić information content (AvgIpc) is 3.51. The molecule has 0 bridgehead atoms. The molecular formula is C20H24F5N3O4. The predicted molar refractivity (Wildman–Crippen MR) is 102 cm³/mol. The summed E-state index contributed by atoms with van der Waals surface area (Å²) in [5.41, 5.74) is -0.0459. The number of piperidine rings is 1. The van der Waals surface area contributed by atoms with Gasteiger partial charge in [-0.2, -0.15) is 0 Å². The van der Waals surface area contributed by atoms with Crippen LogP contribution >= 0.6 is 0 Å². The first-order valence-electron chi connectivity index (χ1n) is 10.2. The number of aliphatic hydroxyl groups is 1. The zero-order valence-electron chi connectivity index (χ0n) is 17.1. The summed E-state index contributed by atoms with van der Waals surface area (Å²) in [6.07, 6.45) is -4.95. The van der Waals surface area contributed by atoms with Crippen LogP contribution in [0.25, 0.3) is 0 Å². The Morgan fingerprint density at radius 1 is 1.22 bits per heavy atom. The number of aliphatic hydroxyl groups excluding tert-OH is 1. The Bertz CT molecular complexity index is 834. The molecule has 7 nitrogen and oxygen atoms in total. The summed E-state index contributed by atoms with van der Waals surface area (Å²) in [6.45, 7) is -0.630. The van der Waals surface area contributed by atoms with E-state index in [1.54, 1.807) is 0 Å². The lowest BCUT2D eigenvalue weighted by atomic mass is 10.0. The molecule has 1 saturated carbocycles. The van der Waals surface area contributed by atoms with Crippen molar-refractivity contribution in [2.75, 3.05) is 19.7 Å². The van der Waals surface area contributed by atoms with Crippen molar-refractivity contribution >= 4 is 11.9 Å². The quantitative estimate of drug-likeness (QED) is 0.607. The van der Waals surface area contributed by atoms with Crippen LogP contribution in [-0.4, -0.2) is 71.2 Å². The summed E-state index contributed by atoms with van der Waals surface area (Å²) in [7, 11) is 0. The molecule has 2 aliphatic rings. The van der Waals surface area contributed by atoms with Crippen LogP contribution in [0.4, 0.5) is 26.7 Å². The van der Waals surface area contributed by atoms with Crippen LogP contribution in [0, 0.1) is 5.82 Å². The van der Waals surface area contributed by atoms with Gasteiger partial charge in [-0.15, -0.1) is 13.2 Å². The highest BCUT2D eigenvalue weighted by Crippen LogP contribution is 2.32. The van der Waals surface area contributed by atoms with Crippen molar-refractivity contribution in [2.24, 2.45) is 0 Å². The molecule has 3 rings (SSSR count). The second-order valence-electron chi connectivity index (χ2n) is 7.86. The summed E-state index contributed by atoms with van der Waals surface area (Å²) >= 11 is 0. The molecule has 32 heavy (non-hydrogen) atoms. The summed E-state index contributed by atoms with van der Waals surface area (Å²) in [4.78, 5) is 27.7. The van der Waals surface area contributed by atoms with Gasteiger partial charge in [-0.05, 0) is 18.9 Å². The van der Waals surface area contributed by atoms with Gasteiger partial charge in [0.25, 0.3) is 0 Å². The molecule has 1 aromatic carbocycles. The molecule has 2 atom stereocenters. The topological polar surface area (TPSA) is 82.1 Å². The first-order chi connectivity index (χ1) is 15.1. The van der Waals surface area contributed by atoms with Crippen molar-refractivity contribution in [3.63, 3.8) is 0 Å². The number of rotatable bonds is 7. The maximum atomic E-state index is 14.3. The number of amides is 3. The number of nitrogens with one attached hydrogen (secondary N) is 1. The standard InChI is InChI=1S/C20H24F5N3O4/c21-13-7-15(11-27(10-13)18(30)5-6-29)28(14-2-3-14)19(31)26-9-12-1-4-16(8-17(12)22)32-20(23,24)25/h1,4,8,13-15,29H,2-3,5-7,9-11H2,(H,26,31)/t13-,15+/m0/s1. The maximum absolute atomic E-state index is 14.3. The van der Waals surface area contributed by atoms with E-state index in [4.69, 9.17) is 5.11 Å². The zero-order valence-corrected chi connectivity index (χ0v) is 17.1. The Morgan fingerprint density at radius 2 is 1.94 bits per heavy atom. The van der Waals surface area contributed by atoms with Gasteiger partial charge in [-0.25, -0.2) is 13.6 Å². The van der Waals surface area contributed by atoms with Crippen molar-refractivity contribution in [3.05, 3.63) is 29.6 Å². The van der Waals surface area contributed by atoms with E-state index in [2.05, 4.69) is 10.1 Å². The Hall–Kier alpha value is -2.63. The molecule has 0 aromatic heterocycles. The number of likely N-dealkylation sites (tertiary alicyclic amines) is 1. The van der Waals surface area contributed by atoms with E-state index in [1.807, 2.05) is 0 Å². The van der Waals surface area contributed by atoms with Crippen molar-refractivity contribution in [1.29, 1.82) is 0 Å². The Balaban J connectivity index is 1.64. The fourth-order valence-electron chi connectivity index (χ4n) is 3.78. The van der Waals surface area contributed by atoms with E-state index in [-0.39, 0.29) is 50.7 Å². The number of hydrogen-bond donors (Lipinski definition) is 2. The lowest BCUT2D eigenvalue weighted by molar-refractivity contribution is -0.274. The van der Waals surface area contributed by atoms with Crippen molar-refractivity contribution < 1.29 is 41.4 Å². The van der Waals surface area contributed by atoms with Crippen LogP contribution in [-0.2, 0) is 11.3 Å². The number of alkyl halides is 4. The van der Waals surface area contributed by atoms with E-state index in [1.165, 1.54) is 9.80 Å². The molecule has 2 N–H and O–H groups in total. The molecule has 1 aromatic rings. The molecule has 12 heteroatoms. The van der Waals surface area contributed by atoms with Crippen LogP contribution in [0.15, 0.2) is 18.2 Å². The van der Waals surface area contributed by atoms with Crippen LogP contribution < -0.4 is 10.1 Å². The molecule has 1 aliphatic carbocycles. The number of carbonyl (C=O) groups excluding carboxylic acids is 2. The maximum Gasteiger partial charge on any atom is 0.573 e. The van der Waals surface area contributed by atoms with Crippen molar-refractivity contribution in [3.8, 4) is 5.75 Å². The highest BCUT2D eigenvalue weighted by molar-refractivity contribution is 5.77. The summed E-state index contributed by atoms with van der Waals surface area (Å²) in [5.74, 6) is -2.10. The number of halogens is 5.